The van der Waals surface area contributed by atoms with Crippen molar-refractivity contribution in [3.05, 3.63) is 0 Å². The van der Waals surface area contributed by atoms with Gasteiger partial charge in [0.2, 0.25) is 0 Å². The van der Waals surface area contributed by atoms with Crippen LogP contribution < -0.4 is 0 Å². The van der Waals surface area contributed by atoms with Crippen LogP contribution in [0.3, 0.4) is 0 Å². The van der Waals surface area contributed by atoms with Gasteiger partial charge in [0.25, 0.3) is 0 Å². The molecule has 870 valence electrons. The van der Waals surface area contributed by atoms with Crippen LogP contribution in [0.4, 0.5) is 0 Å². The second-order valence-corrected chi connectivity index (χ2v) is 70.1. The fourth-order valence-electron chi connectivity index (χ4n) is 12.6. The maximum absolute atomic E-state index is 12.1. The minimum absolute atomic E-state index is 0.0252. The van der Waals surface area contributed by atoms with Crippen molar-refractivity contribution in [3.8, 4) is 0 Å². The van der Waals surface area contributed by atoms with Gasteiger partial charge in [0, 0.05) is 143 Å². The first-order chi connectivity index (χ1) is 61.7. The molecule has 145 heavy (non-hydrogen) atoms. The van der Waals surface area contributed by atoms with E-state index in [9.17, 15) is 57.5 Å². The highest BCUT2D eigenvalue weighted by molar-refractivity contribution is 5.90. The SMILES string of the molecule is CC(C(=O)C(C)(C)C)C(C)(C)C.CC(C)(C)C(=O)C(C)(C)C.CC(C)(C)C(=O)C(C)(C)C(C)(C)C.CC(C)(C)CC(=O)C(C)(C)C.CC(C)(C)CC(=O)C(C)(C)C.CC(C)(C)CC(=O)CC(C)(C)C.CC(C)(C)CCC(=O)C(C)(C)C.CC(C)(C)CCC(=O)C(C)(C)C.CC(C)(C)CCC(=O)CC(C)(C)C.CC(C)(C)CCC(=O)CC(C)(C)C.CC(C)(C)CCCC(=O)C(C)(C)C.CC(C)(C)CCCC(=O)C(C)(C)C. The third kappa shape index (κ3) is 120. The van der Waals surface area contributed by atoms with Crippen molar-refractivity contribution in [2.24, 2.45) is 141 Å². The highest BCUT2D eigenvalue weighted by Crippen LogP contribution is 2.44. The molecule has 0 N–H and O–H groups in total. The van der Waals surface area contributed by atoms with E-state index in [4.69, 9.17) is 0 Å². The van der Waals surface area contributed by atoms with Crippen LogP contribution in [-0.2, 0) is 57.5 Å². The molecule has 0 bridgehead atoms. The minimum atomic E-state index is -0.259. The highest BCUT2D eigenvalue weighted by atomic mass is 16.2. The lowest BCUT2D eigenvalue weighted by Gasteiger charge is -2.41. The molecule has 0 heterocycles. The van der Waals surface area contributed by atoms with Gasteiger partial charge in [0.05, 0.1) is 0 Å². The van der Waals surface area contributed by atoms with Crippen molar-refractivity contribution < 1.29 is 57.5 Å². The summed E-state index contributed by atoms with van der Waals surface area (Å²) in [6.07, 6.45) is 16.9. The Morgan fingerprint density at radius 2 is 0.324 bits per heavy atom. The van der Waals surface area contributed by atoms with Crippen molar-refractivity contribution in [2.45, 2.75) is 648 Å². The zero-order valence-electron chi connectivity index (χ0n) is 113. The van der Waals surface area contributed by atoms with Gasteiger partial charge in [-0.25, -0.2) is 0 Å². The van der Waals surface area contributed by atoms with Crippen LogP contribution in [-0.4, -0.2) is 69.4 Å². The number of ketones is 12. The fraction of sp³-hybridized carbons (Fsp3) is 0.910. The Morgan fingerprint density at radius 1 is 0.159 bits per heavy atom. The minimum Gasteiger partial charge on any atom is -0.300 e. The molecule has 0 aliphatic carbocycles. The molecule has 0 fully saturated rings. The van der Waals surface area contributed by atoms with Crippen molar-refractivity contribution in [1.82, 2.24) is 0 Å². The van der Waals surface area contributed by atoms with Crippen LogP contribution in [0.2, 0.25) is 0 Å². The molecule has 0 rings (SSSR count). The normalized spacial score (nSPS) is 13.5. The maximum Gasteiger partial charge on any atom is 0.144 e. The molecule has 0 saturated heterocycles. The van der Waals surface area contributed by atoms with Crippen LogP contribution in [0.1, 0.15) is 648 Å². The molecule has 0 radical (unpaired) electrons. The molecule has 0 aromatic heterocycles. The topological polar surface area (TPSA) is 205 Å². The summed E-state index contributed by atoms with van der Waals surface area (Å²) in [6.45, 7) is 155. The van der Waals surface area contributed by atoms with Gasteiger partial charge in [0.15, 0.2) is 0 Å². The van der Waals surface area contributed by atoms with Gasteiger partial charge >= 0.3 is 0 Å². The Labute approximate surface area is 910 Å². The standard InChI is InChI=1S/5C12H24O.4C11H22O.2C10H20O.C9H18O/c1-10(2,3)9(13)12(7,8)11(4,5)6;2*1-11(2,3)8-7-10(13)9-12(4,5)6;2*1-11(2,3)9-7-8-10(13)12(4,5)6;1-10(2,3)7-9(12)8-11(4,5)6;2*1-10(2,3)8-7-9(12)11(4,5)6;1-8(10(2,3)4)9(12)11(5,6)7;2*1-9(2,3)7-8(11)10(4,5)6;1-8(2,3)7(10)9(4,5)6/h1-8H3;4*7-9H2,1-6H3;3*7-8H2,1-6H3;8H,1-7H3;2*7H2,1-6H3;1-6H3. The van der Waals surface area contributed by atoms with Crippen LogP contribution >= 0.6 is 0 Å². The van der Waals surface area contributed by atoms with Gasteiger partial charge in [-0.15, -0.1) is 0 Å². The average Bonchev–Trinajstić information content (AvgIpc) is 0.787. The van der Waals surface area contributed by atoms with E-state index >= 15 is 0 Å². The molecule has 0 aliphatic heterocycles. The van der Waals surface area contributed by atoms with Gasteiger partial charge in [-0.05, 0) is 127 Å². The summed E-state index contributed by atoms with van der Waals surface area (Å²) < 4.78 is 0. The Kier molecular flexibility index (Phi) is 73.8. The van der Waals surface area contributed by atoms with E-state index in [0.717, 1.165) is 77.0 Å². The van der Waals surface area contributed by atoms with E-state index in [1.165, 1.54) is 0 Å². The molecule has 1 unspecified atom stereocenters. The molecule has 0 amide bonds. The second-order valence-electron chi connectivity index (χ2n) is 70.1. The van der Waals surface area contributed by atoms with E-state index in [0.29, 0.717) is 132 Å². The Morgan fingerprint density at radius 3 is 0.434 bits per heavy atom. The Bertz CT molecular complexity index is 3470. The number of hydrogen-bond acceptors (Lipinski definition) is 12. The Hall–Kier alpha value is -3.96. The van der Waals surface area contributed by atoms with Gasteiger partial charge in [-0.3, -0.25) is 57.5 Å². The summed E-state index contributed by atoms with van der Waals surface area (Å²) in [6, 6.07) is 0. The Balaban J connectivity index is -0.000000133. The van der Waals surface area contributed by atoms with Crippen molar-refractivity contribution >= 4 is 69.4 Å². The average molecular weight is 2060 g/mol. The molecule has 0 aromatic rings. The van der Waals surface area contributed by atoms with E-state index < -0.39 is 0 Å². The summed E-state index contributed by atoms with van der Waals surface area (Å²) in [5.74, 6) is 4.57. The fourth-order valence-corrected chi connectivity index (χ4v) is 12.6. The quantitative estimate of drug-likeness (QED) is 0.0993. The van der Waals surface area contributed by atoms with Crippen LogP contribution in [0, 0.1) is 141 Å². The molecule has 1 atom stereocenters. The number of rotatable bonds is 22. The highest BCUT2D eigenvalue weighted by Gasteiger charge is 2.45. The van der Waals surface area contributed by atoms with Crippen LogP contribution in [0.15, 0.2) is 0 Å². The monoisotopic (exact) mass is 2060 g/mol. The molecular formula is C133H266O12. The lowest BCUT2D eigenvalue weighted by Crippen LogP contribution is -2.43. The lowest BCUT2D eigenvalue weighted by molar-refractivity contribution is -0.140. The third-order valence-electron chi connectivity index (χ3n) is 23.4. The van der Waals surface area contributed by atoms with E-state index in [2.05, 4.69) is 291 Å². The predicted octanol–water partition coefficient (Wildman–Crippen LogP) is 41.2. The zero-order valence-corrected chi connectivity index (χ0v) is 113. The summed E-state index contributed by atoms with van der Waals surface area (Å²) in [7, 11) is 0. The summed E-state index contributed by atoms with van der Waals surface area (Å²) in [5.41, 5.74) is 0.725. The van der Waals surface area contributed by atoms with Gasteiger partial charge < -0.3 is 0 Å². The maximum atomic E-state index is 12.1. The third-order valence-corrected chi connectivity index (χ3v) is 23.4. The molecule has 0 aliphatic rings. The van der Waals surface area contributed by atoms with E-state index in [1.807, 2.05) is 228 Å². The first-order valence-corrected chi connectivity index (χ1v) is 56.1. The molecular weight excluding hydrogens is 1790 g/mol. The largest absolute Gasteiger partial charge is 0.300 e. The molecule has 0 aromatic carbocycles. The first-order valence-electron chi connectivity index (χ1n) is 56.1. The smallest absolute Gasteiger partial charge is 0.144 e. The van der Waals surface area contributed by atoms with E-state index in [-0.39, 0.29) is 130 Å². The van der Waals surface area contributed by atoms with Crippen molar-refractivity contribution in [1.29, 1.82) is 0 Å². The van der Waals surface area contributed by atoms with Crippen molar-refractivity contribution in [2.75, 3.05) is 0 Å². The number of Topliss-reactive ketones (excluding diaryl/α,β-unsaturated/α-hetero) is 12. The predicted molar refractivity (Wildman–Crippen MR) is 642 cm³/mol. The van der Waals surface area contributed by atoms with Crippen LogP contribution in [0.5, 0.6) is 0 Å². The zero-order chi connectivity index (χ0) is 121. The van der Waals surface area contributed by atoms with Gasteiger partial charge in [-0.2, -0.15) is 0 Å². The molecule has 0 saturated carbocycles. The first kappa shape index (κ1) is 166. The molecule has 12 nitrogen and oxygen atoms in total. The molecule has 12 heteroatoms. The summed E-state index contributed by atoms with van der Waals surface area (Å²) >= 11 is 0. The van der Waals surface area contributed by atoms with Gasteiger partial charge in [-0.1, -0.05) is 519 Å². The van der Waals surface area contributed by atoms with Crippen LogP contribution in [0.25, 0.3) is 0 Å². The number of hydrogen-bond donors (Lipinski definition) is 0. The lowest BCUT2D eigenvalue weighted by atomic mass is 9.61. The number of carbonyl (C=O) groups is 12. The second kappa shape index (κ2) is 64.4. The van der Waals surface area contributed by atoms with Crippen molar-refractivity contribution in [3.63, 3.8) is 0 Å². The van der Waals surface area contributed by atoms with E-state index in [1.54, 1.807) is 0 Å². The molecule has 0 spiro atoms. The number of carbonyl (C=O) groups excluding carboxylic acids is 12. The van der Waals surface area contributed by atoms with Gasteiger partial charge in [0.1, 0.15) is 69.4 Å². The summed E-state index contributed by atoms with van der Waals surface area (Å²) in [5, 5.41) is 0. The summed E-state index contributed by atoms with van der Waals surface area (Å²) in [4.78, 5) is 139.